The van der Waals surface area contributed by atoms with Gasteiger partial charge >= 0.3 is 0 Å². The standard InChI is InChI=1S/C30H36N2O3/c1-4-5-16-31-30(34)28(20-25-12-8-6-9-13-25)32(21-26-14-10-7-11-15-26)29(33)22-35-27-18-23(2)17-24(3)19-27/h6-15,17-19,28H,4-5,16,20-22H2,1-3H3,(H,31,34)/t28-/m0/s1. The zero-order valence-corrected chi connectivity index (χ0v) is 21.0. The molecule has 5 heteroatoms. The van der Waals surface area contributed by atoms with Crippen LogP contribution in [0.2, 0.25) is 0 Å². The zero-order valence-electron chi connectivity index (χ0n) is 21.0. The molecule has 1 N–H and O–H groups in total. The Morgan fingerprint density at radius 2 is 1.49 bits per heavy atom. The van der Waals surface area contributed by atoms with Gasteiger partial charge in [-0.15, -0.1) is 0 Å². The number of carbonyl (C=O) groups is 2. The Balaban J connectivity index is 1.87. The number of benzene rings is 3. The second-order valence-corrected chi connectivity index (χ2v) is 8.97. The molecule has 184 valence electrons. The van der Waals surface area contributed by atoms with Crippen LogP contribution in [0.25, 0.3) is 0 Å². The third-order valence-corrected chi connectivity index (χ3v) is 5.85. The Bertz CT molecular complexity index is 1060. The van der Waals surface area contributed by atoms with Crippen LogP contribution in [-0.2, 0) is 22.6 Å². The predicted molar refractivity (Wildman–Crippen MR) is 140 cm³/mol. The summed E-state index contributed by atoms with van der Waals surface area (Å²) in [5.41, 5.74) is 4.12. The van der Waals surface area contributed by atoms with Gasteiger partial charge in [0.05, 0.1) is 0 Å². The fraction of sp³-hybridized carbons (Fsp3) is 0.333. The molecule has 2 amide bonds. The molecule has 0 fully saturated rings. The van der Waals surface area contributed by atoms with Crippen LogP contribution < -0.4 is 10.1 Å². The smallest absolute Gasteiger partial charge is 0.261 e. The number of amides is 2. The second kappa shape index (κ2) is 13.3. The average Bonchev–Trinajstić information content (AvgIpc) is 2.85. The van der Waals surface area contributed by atoms with Crippen molar-refractivity contribution in [2.45, 2.75) is 52.6 Å². The summed E-state index contributed by atoms with van der Waals surface area (Å²) >= 11 is 0. The largest absolute Gasteiger partial charge is 0.484 e. The third-order valence-electron chi connectivity index (χ3n) is 5.85. The van der Waals surface area contributed by atoms with Gasteiger partial charge in [-0.05, 0) is 54.7 Å². The zero-order chi connectivity index (χ0) is 25.0. The summed E-state index contributed by atoms with van der Waals surface area (Å²) in [5, 5.41) is 3.04. The van der Waals surface area contributed by atoms with Crippen molar-refractivity contribution in [3.63, 3.8) is 0 Å². The third kappa shape index (κ3) is 8.29. The highest BCUT2D eigenvalue weighted by Gasteiger charge is 2.30. The van der Waals surface area contributed by atoms with Crippen LogP contribution in [-0.4, -0.2) is 35.9 Å². The van der Waals surface area contributed by atoms with Crippen molar-refractivity contribution in [2.24, 2.45) is 0 Å². The molecular weight excluding hydrogens is 436 g/mol. The van der Waals surface area contributed by atoms with Crippen LogP contribution in [0.1, 0.15) is 42.0 Å². The molecule has 0 unspecified atom stereocenters. The summed E-state index contributed by atoms with van der Waals surface area (Å²) in [6, 6.07) is 24.9. The number of unbranched alkanes of at least 4 members (excludes halogenated alkanes) is 1. The molecule has 0 bridgehead atoms. The summed E-state index contributed by atoms with van der Waals surface area (Å²) in [5.74, 6) is 0.292. The summed E-state index contributed by atoms with van der Waals surface area (Å²) in [6.07, 6.45) is 2.31. The molecule has 0 saturated heterocycles. The van der Waals surface area contributed by atoms with Gasteiger partial charge in [0.15, 0.2) is 6.61 Å². The lowest BCUT2D eigenvalue weighted by Gasteiger charge is -2.31. The average molecular weight is 473 g/mol. The van der Waals surface area contributed by atoms with Gasteiger partial charge in [0, 0.05) is 19.5 Å². The molecule has 0 spiro atoms. The summed E-state index contributed by atoms with van der Waals surface area (Å²) in [6.45, 7) is 6.87. The van der Waals surface area contributed by atoms with Gasteiger partial charge in [-0.3, -0.25) is 9.59 Å². The van der Waals surface area contributed by atoms with E-state index in [1.165, 1.54) is 0 Å². The number of aryl methyl sites for hydroxylation is 2. The van der Waals surface area contributed by atoms with Crippen LogP contribution in [0.15, 0.2) is 78.9 Å². The molecule has 3 rings (SSSR count). The van der Waals surface area contributed by atoms with Crippen LogP contribution >= 0.6 is 0 Å². The molecule has 0 saturated carbocycles. The first-order valence-electron chi connectivity index (χ1n) is 12.3. The number of hydrogen-bond donors (Lipinski definition) is 1. The van der Waals surface area contributed by atoms with Gasteiger partial charge in [0.1, 0.15) is 11.8 Å². The van der Waals surface area contributed by atoms with Crippen molar-refractivity contribution >= 4 is 11.8 Å². The number of nitrogens with zero attached hydrogens (tertiary/aromatic N) is 1. The van der Waals surface area contributed by atoms with E-state index in [0.29, 0.717) is 25.3 Å². The Labute approximate surface area is 209 Å². The maximum absolute atomic E-state index is 13.6. The quantitative estimate of drug-likeness (QED) is 0.367. The Morgan fingerprint density at radius 1 is 0.886 bits per heavy atom. The molecule has 0 aliphatic heterocycles. The van der Waals surface area contributed by atoms with Gasteiger partial charge in [-0.25, -0.2) is 0 Å². The summed E-state index contributed by atoms with van der Waals surface area (Å²) in [4.78, 5) is 28.6. The van der Waals surface area contributed by atoms with Crippen LogP contribution in [0.4, 0.5) is 0 Å². The van der Waals surface area contributed by atoms with E-state index in [1.807, 2.05) is 86.6 Å². The molecular formula is C30H36N2O3. The van der Waals surface area contributed by atoms with E-state index in [2.05, 4.69) is 18.3 Å². The maximum atomic E-state index is 13.6. The van der Waals surface area contributed by atoms with Crippen LogP contribution in [0.5, 0.6) is 5.75 Å². The van der Waals surface area contributed by atoms with E-state index >= 15 is 0 Å². The van der Waals surface area contributed by atoms with E-state index in [0.717, 1.165) is 35.1 Å². The maximum Gasteiger partial charge on any atom is 0.261 e. The lowest BCUT2D eigenvalue weighted by molar-refractivity contribution is -0.142. The highest BCUT2D eigenvalue weighted by Crippen LogP contribution is 2.18. The Kier molecular flexibility index (Phi) is 9.91. The molecule has 0 aliphatic carbocycles. The minimum absolute atomic E-state index is 0.136. The van der Waals surface area contributed by atoms with E-state index in [9.17, 15) is 9.59 Å². The van der Waals surface area contributed by atoms with E-state index in [-0.39, 0.29) is 18.4 Å². The van der Waals surface area contributed by atoms with Gasteiger partial charge in [0.25, 0.3) is 5.91 Å². The first-order valence-corrected chi connectivity index (χ1v) is 12.3. The predicted octanol–water partition coefficient (Wildman–Crippen LogP) is 5.24. The second-order valence-electron chi connectivity index (χ2n) is 8.97. The van der Waals surface area contributed by atoms with Gasteiger partial charge in [0.2, 0.25) is 5.91 Å². The molecule has 0 aliphatic rings. The number of carbonyl (C=O) groups excluding carboxylic acids is 2. The molecule has 3 aromatic rings. The van der Waals surface area contributed by atoms with E-state index in [4.69, 9.17) is 4.74 Å². The first kappa shape index (κ1) is 26.0. The molecule has 35 heavy (non-hydrogen) atoms. The monoisotopic (exact) mass is 472 g/mol. The van der Waals surface area contributed by atoms with Gasteiger partial charge < -0.3 is 15.0 Å². The van der Waals surface area contributed by atoms with Crippen molar-refractivity contribution in [1.29, 1.82) is 0 Å². The minimum atomic E-state index is -0.648. The summed E-state index contributed by atoms with van der Waals surface area (Å²) < 4.78 is 5.90. The molecule has 0 heterocycles. The number of hydrogen-bond acceptors (Lipinski definition) is 3. The minimum Gasteiger partial charge on any atom is -0.484 e. The fourth-order valence-corrected chi connectivity index (χ4v) is 4.08. The Hall–Kier alpha value is -3.60. The molecule has 3 aromatic carbocycles. The number of rotatable bonds is 12. The topological polar surface area (TPSA) is 58.6 Å². The van der Waals surface area contributed by atoms with Crippen molar-refractivity contribution in [3.8, 4) is 5.75 Å². The van der Waals surface area contributed by atoms with Crippen molar-refractivity contribution < 1.29 is 14.3 Å². The molecule has 0 aromatic heterocycles. The Morgan fingerprint density at radius 3 is 2.09 bits per heavy atom. The van der Waals surface area contributed by atoms with Crippen LogP contribution in [0, 0.1) is 13.8 Å². The molecule has 1 atom stereocenters. The van der Waals surface area contributed by atoms with Gasteiger partial charge in [-0.2, -0.15) is 0 Å². The summed E-state index contributed by atoms with van der Waals surface area (Å²) in [7, 11) is 0. The lowest BCUT2D eigenvalue weighted by Crippen LogP contribution is -2.51. The highest BCUT2D eigenvalue weighted by atomic mass is 16.5. The van der Waals surface area contributed by atoms with Gasteiger partial charge in [-0.1, -0.05) is 80.1 Å². The fourth-order valence-electron chi connectivity index (χ4n) is 4.08. The van der Waals surface area contributed by atoms with Crippen LogP contribution in [0.3, 0.4) is 0 Å². The number of ether oxygens (including phenoxy) is 1. The SMILES string of the molecule is CCCCNC(=O)[C@H](Cc1ccccc1)N(Cc1ccccc1)C(=O)COc1cc(C)cc(C)c1. The highest BCUT2D eigenvalue weighted by molar-refractivity contribution is 5.88. The molecule has 0 radical (unpaired) electrons. The first-order chi connectivity index (χ1) is 17.0. The van der Waals surface area contributed by atoms with Crippen molar-refractivity contribution in [3.05, 3.63) is 101 Å². The normalized spacial score (nSPS) is 11.5. The van der Waals surface area contributed by atoms with E-state index < -0.39 is 6.04 Å². The molecule has 5 nitrogen and oxygen atoms in total. The number of nitrogens with one attached hydrogen (secondary N) is 1. The lowest BCUT2D eigenvalue weighted by atomic mass is 10.0. The van der Waals surface area contributed by atoms with Crippen molar-refractivity contribution in [1.82, 2.24) is 10.2 Å². The van der Waals surface area contributed by atoms with E-state index in [1.54, 1.807) is 4.90 Å². The van der Waals surface area contributed by atoms with Crippen molar-refractivity contribution in [2.75, 3.05) is 13.2 Å².